The van der Waals surface area contributed by atoms with Gasteiger partial charge in [-0.15, -0.1) is 0 Å². The molecular weight excluding hydrogens is 381 g/mol. The Hall–Kier alpha value is -1.41. The lowest BCUT2D eigenvalue weighted by Crippen LogP contribution is -2.37. The highest BCUT2D eigenvalue weighted by Gasteiger charge is 2.12. The van der Waals surface area contributed by atoms with Crippen molar-refractivity contribution < 1.29 is 4.74 Å². The normalized spacial score (nSPS) is 15.2. The summed E-state index contributed by atoms with van der Waals surface area (Å²) in [6.07, 6.45) is 1.76. The smallest absolute Gasteiger partial charge is 0.269 e. The fourth-order valence-electron chi connectivity index (χ4n) is 2.30. The van der Waals surface area contributed by atoms with Crippen LogP contribution >= 0.6 is 22.6 Å². The molecule has 2 heterocycles. The molecule has 1 aliphatic heterocycles. The van der Waals surface area contributed by atoms with Gasteiger partial charge < -0.3 is 9.64 Å². The van der Waals surface area contributed by atoms with Gasteiger partial charge in [-0.3, -0.25) is 4.79 Å². The number of anilines is 1. The van der Waals surface area contributed by atoms with Crippen LogP contribution in [0.5, 0.6) is 0 Å². The summed E-state index contributed by atoms with van der Waals surface area (Å²) in [7, 11) is 0. The molecule has 0 bridgehead atoms. The zero-order valence-electron chi connectivity index (χ0n) is 11.5. The summed E-state index contributed by atoms with van der Waals surface area (Å²) in [6, 6.07) is 9.76. The maximum absolute atomic E-state index is 12.2. The van der Waals surface area contributed by atoms with Crippen molar-refractivity contribution in [1.82, 2.24) is 9.78 Å². The molecule has 2 aromatic rings. The Morgan fingerprint density at radius 2 is 1.90 bits per heavy atom. The van der Waals surface area contributed by atoms with E-state index in [0.717, 1.165) is 24.3 Å². The van der Waals surface area contributed by atoms with Gasteiger partial charge in [-0.05, 0) is 40.3 Å². The van der Waals surface area contributed by atoms with E-state index < -0.39 is 0 Å². The molecule has 0 radical (unpaired) electrons. The van der Waals surface area contributed by atoms with Crippen molar-refractivity contribution >= 4 is 28.3 Å². The van der Waals surface area contributed by atoms with Crippen molar-refractivity contribution in [2.45, 2.75) is 6.54 Å². The summed E-state index contributed by atoms with van der Waals surface area (Å²) in [5, 5.41) is 4.29. The van der Waals surface area contributed by atoms with Crippen molar-refractivity contribution in [3.05, 3.63) is 56.0 Å². The van der Waals surface area contributed by atoms with Gasteiger partial charge >= 0.3 is 0 Å². The molecule has 1 saturated heterocycles. The third-order valence-corrected chi connectivity index (χ3v) is 4.20. The van der Waals surface area contributed by atoms with Crippen LogP contribution < -0.4 is 10.5 Å². The summed E-state index contributed by atoms with van der Waals surface area (Å²) in [5.41, 5.74) is 1.88. The van der Waals surface area contributed by atoms with Crippen LogP contribution in [0.4, 0.5) is 5.69 Å². The van der Waals surface area contributed by atoms with E-state index in [1.165, 1.54) is 8.25 Å². The molecule has 0 atom stereocenters. The van der Waals surface area contributed by atoms with Gasteiger partial charge in [-0.1, -0.05) is 12.1 Å². The lowest BCUT2D eigenvalue weighted by Gasteiger charge is -2.28. The standard InChI is InChI=1S/C15H16IN3O2/c16-13-3-1-12(2-4-13)11-19-15(20)9-14(10-17-19)18-5-7-21-8-6-18/h1-4,9-10H,5-8,11H2. The lowest BCUT2D eigenvalue weighted by molar-refractivity contribution is 0.122. The van der Waals surface area contributed by atoms with E-state index in [9.17, 15) is 4.79 Å². The van der Waals surface area contributed by atoms with Crippen molar-refractivity contribution in [2.75, 3.05) is 31.2 Å². The Kier molecular flexibility index (Phi) is 4.54. The molecule has 0 spiro atoms. The highest BCUT2D eigenvalue weighted by atomic mass is 127. The molecule has 1 aromatic heterocycles. The average molecular weight is 397 g/mol. The van der Waals surface area contributed by atoms with Crippen molar-refractivity contribution in [3.63, 3.8) is 0 Å². The van der Waals surface area contributed by atoms with Crippen LogP contribution in [0.25, 0.3) is 0 Å². The molecule has 0 amide bonds. The fraction of sp³-hybridized carbons (Fsp3) is 0.333. The minimum atomic E-state index is -0.0717. The molecule has 1 aliphatic rings. The molecule has 0 N–H and O–H groups in total. The maximum Gasteiger partial charge on any atom is 0.269 e. The number of nitrogens with zero attached hydrogens (tertiary/aromatic N) is 3. The van der Waals surface area contributed by atoms with E-state index in [4.69, 9.17) is 4.74 Å². The van der Waals surface area contributed by atoms with E-state index in [-0.39, 0.29) is 5.56 Å². The SMILES string of the molecule is O=c1cc(N2CCOCC2)cnn1Cc1ccc(I)cc1. The highest BCUT2D eigenvalue weighted by molar-refractivity contribution is 14.1. The van der Waals surface area contributed by atoms with Crippen LogP contribution in [0, 0.1) is 3.57 Å². The third kappa shape index (κ3) is 3.62. The largest absolute Gasteiger partial charge is 0.378 e. The van der Waals surface area contributed by atoms with E-state index in [1.54, 1.807) is 12.3 Å². The van der Waals surface area contributed by atoms with E-state index >= 15 is 0 Å². The lowest BCUT2D eigenvalue weighted by atomic mass is 10.2. The van der Waals surface area contributed by atoms with Crippen molar-refractivity contribution in [1.29, 1.82) is 0 Å². The number of rotatable bonds is 3. The first kappa shape index (κ1) is 14.5. The number of hydrogen-bond acceptors (Lipinski definition) is 4. The summed E-state index contributed by atoms with van der Waals surface area (Å²) < 4.78 is 7.99. The topological polar surface area (TPSA) is 47.4 Å². The molecule has 3 rings (SSSR count). The van der Waals surface area contributed by atoms with E-state index in [0.29, 0.717) is 19.8 Å². The van der Waals surface area contributed by atoms with Gasteiger partial charge in [0.05, 0.1) is 31.6 Å². The third-order valence-electron chi connectivity index (χ3n) is 3.48. The van der Waals surface area contributed by atoms with Gasteiger partial charge in [0, 0.05) is 22.7 Å². The molecule has 0 unspecified atom stereocenters. The monoisotopic (exact) mass is 397 g/mol. The number of morpholine rings is 1. The van der Waals surface area contributed by atoms with E-state index in [1.807, 2.05) is 24.3 Å². The number of hydrogen-bond donors (Lipinski definition) is 0. The molecule has 6 heteroatoms. The van der Waals surface area contributed by atoms with Crippen LogP contribution in [0.1, 0.15) is 5.56 Å². The first-order valence-electron chi connectivity index (χ1n) is 6.87. The number of aromatic nitrogens is 2. The Morgan fingerprint density at radius 3 is 2.57 bits per heavy atom. The molecule has 1 fully saturated rings. The first-order valence-corrected chi connectivity index (χ1v) is 7.94. The molecule has 5 nitrogen and oxygen atoms in total. The van der Waals surface area contributed by atoms with Crippen molar-refractivity contribution in [2.24, 2.45) is 0 Å². The Labute approximate surface area is 136 Å². The second-order valence-electron chi connectivity index (χ2n) is 4.94. The van der Waals surface area contributed by atoms with Gasteiger partial charge in [0.15, 0.2) is 0 Å². The average Bonchev–Trinajstić information content (AvgIpc) is 2.52. The number of benzene rings is 1. The van der Waals surface area contributed by atoms with Gasteiger partial charge in [-0.25, -0.2) is 4.68 Å². The second kappa shape index (κ2) is 6.57. The zero-order valence-corrected chi connectivity index (χ0v) is 13.7. The van der Waals surface area contributed by atoms with Crippen LogP contribution in [0.15, 0.2) is 41.3 Å². The van der Waals surface area contributed by atoms with Gasteiger partial charge in [0.25, 0.3) is 5.56 Å². The second-order valence-corrected chi connectivity index (χ2v) is 6.18. The number of ether oxygens (including phenoxy) is 1. The maximum atomic E-state index is 12.2. The van der Waals surface area contributed by atoms with Crippen LogP contribution in [0.2, 0.25) is 0 Å². The Morgan fingerprint density at radius 1 is 1.19 bits per heavy atom. The van der Waals surface area contributed by atoms with Gasteiger partial charge in [0.2, 0.25) is 0 Å². The quantitative estimate of drug-likeness (QED) is 0.741. The Balaban J connectivity index is 1.77. The zero-order chi connectivity index (χ0) is 14.7. The summed E-state index contributed by atoms with van der Waals surface area (Å²) >= 11 is 2.26. The predicted octanol–water partition coefficient (Wildman–Crippen LogP) is 1.73. The minimum Gasteiger partial charge on any atom is -0.378 e. The van der Waals surface area contributed by atoms with Crippen molar-refractivity contribution in [3.8, 4) is 0 Å². The molecule has 0 saturated carbocycles. The summed E-state index contributed by atoms with van der Waals surface area (Å²) in [6.45, 7) is 3.52. The molecule has 1 aromatic carbocycles. The highest BCUT2D eigenvalue weighted by Crippen LogP contribution is 2.12. The first-order chi connectivity index (χ1) is 10.2. The summed E-state index contributed by atoms with van der Waals surface area (Å²) in [5.74, 6) is 0. The van der Waals surface area contributed by atoms with Gasteiger partial charge in [-0.2, -0.15) is 5.10 Å². The number of halogens is 1. The predicted molar refractivity (Wildman–Crippen MR) is 89.8 cm³/mol. The molecular formula is C15H16IN3O2. The van der Waals surface area contributed by atoms with Gasteiger partial charge in [0.1, 0.15) is 0 Å². The van der Waals surface area contributed by atoms with Crippen LogP contribution in [-0.4, -0.2) is 36.1 Å². The molecule has 110 valence electrons. The molecule has 21 heavy (non-hydrogen) atoms. The fourth-order valence-corrected chi connectivity index (χ4v) is 2.66. The summed E-state index contributed by atoms with van der Waals surface area (Å²) in [4.78, 5) is 14.3. The Bertz CT molecular complexity index is 663. The minimum absolute atomic E-state index is 0.0717. The van der Waals surface area contributed by atoms with Crippen LogP contribution in [0.3, 0.4) is 0 Å². The van der Waals surface area contributed by atoms with Crippen LogP contribution in [-0.2, 0) is 11.3 Å². The van der Waals surface area contributed by atoms with E-state index in [2.05, 4.69) is 32.6 Å². The molecule has 0 aliphatic carbocycles.